The van der Waals surface area contributed by atoms with E-state index in [2.05, 4.69) is 19.7 Å². The van der Waals surface area contributed by atoms with E-state index in [1.54, 1.807) is 30.4 Å². The SMILES string of the molecule is C=CCOc1cc(OCC=C)c(P2(=O)Oc3ccccc3-c3ccccc32)cc1OCC=C. The Bertz CT molecular complexity index is 1250. The van der Waals surface area contributed by atoms with Crippen molar-refractivity contribution >= 4 is 18.0 Å². The summed E-state index contributed by atoms with van der Waals surface area (Å²) >= 11 is 0. The number of ether oxygens (including phenoxy) is 3. The van der Waals surface area contributed by atoms with Crippen LogP contribution in [-0.4, -0.2) is 19.8 Å². The Morgan fingerprint density at radius 2 is 1.24 bits per heavy atom. The highest BCUT2D eigenvalue weighted by atomic mass is 31.2. The Kier molecular flexibility index (Phi) is 6.71. The maximum atomic E-state index is 14.7. The fourth-order valence-electron chi connectivity index (χ4n) is 3.64. The first kappa shape index (κ1) is 22.5. The summed E-state index contributed by atoms with van der Waals surface area (Å²) in [6.45, 7) is 11.9. The van der Waals surface area contributed by atoms with Crippen LogP contribution < -0.4 is 29.3 Å². The molecule has 33 heavy (non-hydrogen) atoms. The normalized spacial score (nSPS) is 15.9. The minimum absolute atomic E-state index is 0.221. The Morgan fingerprint density at radius 1 is 0.697 bits per heavy atom. The van der Waals surface area contributed by atoms with E-state index >= 15 is 0 Å². The van der Waals surface area contributed by atoms with Crippen molar-refractivity contribution in [3.05, 3.63) is 98.6 Å². The molecule has 0 aromatic heterocycles. The molecule has 3 aromatic rings. The third-order valence-electron chi connectivity index (χ3n) is 5.04. The van der Waals surface area contributed by atoms with E-state index in [0.717, 1.165) is 11.1 Å². The topological polar surface area (TPSA) is 54.0 Å². The van der Waals surface area contributed by atoms with Crippen molar-refractivity contribution in [1.82, 2.24) is 0 Å². The summed E-state index contributed by atoms with van der Waals surface area (Å²) in [4.78, 5) is 0. The van der Waals surface area contributed by atoms with Gasteiger partial charge in [-0.05, 0) is 17.7 Å². The fourth-order valence-corrected chi connectivity index (χ4v) is 6.03. The second-order valence-corrected chi connectivity index (χ2v) is 9.47. The molecular weight excluding hydrogens is 435 g/mol. The van der Waals surface area contributed by atoms with E-state index in [0.29, 0.717) is 33.6 Å². The van der Waals surface area contributed by atoms with E-state index in [1.807, 2.05) is 48.5 Å². The zero-order valence-electron chi connectivity index (χ0n) is 18.2. The lowest BCUT2D eigenvalue weighted by molar-refractivity contribution is 0.303. The van der Waals surface area contributed by atoms with Crippen molar-refractivity contribution < 1.29 is 23.3 Å². The molecule has 1 aliphatic rings. The summed E-state index contributed by atoms with van der Waals surface area (Å²) < 4.78 is 38.5. The molecule has 6 heteroatoms. The molecule has 0 saturated heterocycles. The standard InChI is InChI=1S/C27H25O5P/c1-4-15-29-23-18-25(31-17-6-3)27(19-24(23)30-16-5-2)33(28)26-14-10-8-12-21(26)20-11-7-9-13-22(20)32-33/h4-14,18-19H,1-3,15-17H2. The predicted molar refractivity (Wildman–Crippen MR) is 133 cm³/mol. The lowest BCUT2D eigenvalue weighted by Gasteiger charge is -2.30. The molecule has 0 radical (unpaired) electrons. The maximum Gasteiger partial charge on any atom is 0.311 e. The zero-order chi connectivity index (χ0) is 23.3. The van der Waals surface area contributed by atoms with Crippen molar-refractivity contribution in [1.29, 1.82) is 0 Å². The number of hydrogen-bond acceptors (Lipinski definition) is 5. The number of fused-ring (bicyclic) bond motifs is 3. The Hall–Kier alpha value is -3.69. The van der Waals surface area contributed by atoms with Crippen LogP contribution in [0.4, 0.5) is 0 Å². The minimum atomic E-state index is -3.61. The Labute approximate surface area is 194 Å². The second kappa shape index (κ2) is 9.85. The van der Waals surface area contributed by atoms with Crippen LogP contribution in [-0.2, 0) is 4.57 Å². The average molecular weight is 460 g/mol. The molecule has 1 heterocycles. The third kappa shape index (κ3) is 4.33. The van der Waals surface area contributed by atoms with E-state index in [9.17, 15) is 4.57 Å². The molecule has 1 aliphatic heterocycles. The highest BCUT2D eigenvalue weighted by Crippen LogP contribution is 2.56. The summed E-state index contributed by atoms with van der Waals surface area (Å²) in [6.07, 6.45) is 4.88. The zero-order valence-corrected chi connectivity index (χ0v) is 19.1. The molecule has 3 aromatic carbocycles. The molecule has 1 atom stereocenters. The fraction of sp³-hybridized carbons (Fsp3) is 0.111. The molecule has 0 N–H and O–H groups in total. The molecular formula is C27H25O5P. The summed E-state index contributed by atoms with van der Waals surface area (Å²) in [6, 6.07) is 18.5. The van der Waals surface area contributed by atoms with Crippen LogP contribution in [0.2, 0.25) is 0 Å². The number of hydrogen-bond donors (Lipinski definition) is 0. The van der Waals surface area contributed by atoms with Gasteiger partial charge in [-0.15, -0.1) is 0 Å². The maximum absolute atomic E-state index is 14.7. The summed E-state index contributed by atoms with van der Waals surface area (Å²) in [5.74, 6) is 1.77. The summed E-state index contributed by atoms with van der Waals surface area (Å²) in [5.41, 5.74) is 1.75. The van der Waals surface area contributed by atoms with Crippen molar-refractivity contribution in [2.45, 2.75) is 0 Å². The molecule has 5 nitrogen and oxygen atoms in total. The van der Waals surface area contributed by atoms with Crippen molar-refractivity contribution in [3.63, 3.8) is 0 Å². The molecule has 1 unspecified atom stereocenters. The van der Waals surface area contributed by atoms with Crippen LogP contribution in [0.3, 0.4) is 0 Å². The highest BCUT2D eigenvalue weighted by molar-refractivity contribution is 7.75. The third-order valence-corrected chi connectivity index (χ3v) is 7.50. The van der Waals surface area contributed by atoms with Gasteiger partial charge in [0, 0.05) is 17.7 Å². The van der Waals surface area contributed by atoms with Crippen LogP contribution in [0.15, 0.2) is 98.6 Å². The number of benzene rings is 3. The lowest BCUT2D eigenvalue weighted by atomic mass is 10.0. The summed E-state index contributed by atoms with van der Waals surface area (Å²) in [5, 5.41) is 0.984. The van der Waals surface area contributed by atoms with Crippen LogP contribution >= 0.6 is 7.37 Å². The van der Waals surface area contributed by atoms with Gasteiger partial charge in [-0.1, -0.05) is 74.4 Å². The lowest BCUT2D eigenvalue weighted by Crippen LogP contribution is -2.27. The van der Waals surface area contributed by atoms with Crippen molar-refractivity contribution in [2.75, 3.05) is 19.8 Å². The average Bonchev–Trinajstić information content (AvgIpc) is 2.85. The van der Waals surface area contributed by atoms with E-state index < -0.39 is 7.37 Å². The van der Waals surface area contributed by atoms with E-state index in [1.165, 1.54) is 0 Å². The minimum Gasteiger partial charge on any atom is -0.488 e. The van der Waals surface area contributed by atoms with Gasteiger partial charge in [0.15, 0.2) is 11.5 Å². The molecule has 0 aliphatic carbocycles. The summed E-state index contributed by atoms with van der Waals surface area (Å²) in [7, 11) is -3.61. The van der Waals surface area contributed by atoms with Gasteiger partial charge in [0.2, 0.25) is 0 Å². The first-order chi connectivity index (χ1) is 16.1. The van der Waals surface area contributed by atoms with Crippen LogP contribution in [0.25, 0.3) is 11.1 Å². The molecule has 0 bridgehead atoms. The molecule has 0 saturated carbocycles. The van der Waals surface area contributed by atoms with Gasteiger partial charge in [0.1, 0.15) is 31.3 Å². The molecule has 0 fully saturated rings. The highest BCUT2D eigenvalue weighted by Gasteiger charge is 2.40. The van der Waals surface area contributed by atoms with Gasteiger partial charge in [-0.2, -0.15) is 0 Å². The van der Waals surface area contributed by atoms with Gasteiger partial charge < -0.3 is 18.7 Å². The number of para-hydroxylation sites is 1. The largest absolute Gasteiger partial charge is 0.488 e. The van der Waals surface area contributed by atoms with Crippen molar-refractivity contribution in [3.8, 4) is 34.1 Å². The van der Waals surface area contributed by atoms with Crippen LogP contribution in [0.5, 0.6) is 23.0 Å². The molecule has 4 rings (SSSR count). The second-order valence-electron chi connectivity index (χ2n) is 7.22. The Balaban J connectivity index is 1.94. The van der Waals surface area contributed by atoms with Gasteiger partial charge in [-0.25, -0.2) is 0 Å². The van der Waals surface area contributed by atoms with E-state index in [-0.39, 0.29) is 19.8 Å². The van der Waals surface area contributed by atoms with Gasteiger partial charge in [0.05, 0.1) is 10.6 Å². The quantitative estimate of drug-likeness (QED) is 0.288. The van der Waals surface area contributed by atoms with Crippen LogP contribution in [0.1, 0.15) is 0 Å². The van der Waals surface area contributed by atoms with E-state index in [4.69, 9.17) is 18.7 Å². The Morgan fingerprint density at radius 3 is 1.91 bits per heavy atom. The first-order valence-corrected chi connectivity index (χ1v) is 12.1. The molecule has 0 amide bonds. The van der Waals surface area contributed by atoms with Crippen molar-refractivity contribution in [2.24, 2.45) is 0 Å². The van der Waals surface area contributed by atoms with Gasteiger partial charge in [-0.3, -0.25) is 4.57 Å². The monoisotopic (exact) mass is 460 g/mol. The molecule has 0 spiro atoms. The smallest absolute Gasteiger partial charge is 0.311 e. The predicted octanol–water partition coefficient (Wildman–Crippen LogP) is 5.67. The van der Waals surface area contributed by atoms with Gasteiger partial charge in [0.25, 0.3) is 0 Å². The first-order valence-electron chi connectivity index (χ1n) is 10.5. The van der Waals surface area contributed by atoms with Gasteiger partial charge >= 0.3 is 7.37 Å². The number of rotatable bonds is 10. The molecule has 168 valence electrons. The van der Waals surface area contributed by atoms with Crippen LogP contribution in [0, 0.1) is 0 Å².